The SMILES string of the molecule is CCC1CN2CCCCC2CN1c1cc(C)cc(F)c1. The van der Waals surface area contributed by atoms with E-state index in [-0.39, 0.29) is 5.82 Å². The summed E-state index contributed by atoms with van der Waals surface area (Å²) < 4.78 is 13.7. The second-order valence-corrected chi connectivity index (χ2v) is 6.35. The zero-order chi connectivity index (χ0) is 14.1. The lowest BCUT2D eigenvalue weighted by molar-refractivity contribution is 0.111. The summed E-state index contributed by atoms with van der Waals surface area (Å²) in [7, 11) is 0. The van der Waals surface area contributed by atoms with Crippen LogP contribution in [0.15, 0.2) is 18.2 Å². The Morgan fingerprint density at radius 3 is 2.80 bits per heavy atom. The molecule has 20 heavy (non-hydrogen) atoms. The number of benzene rings is 1. The zero-order valence-corrected chi connectivity index (χ0v) is 12.6. The predicted octanol–water partition coefficient (Wildman–Crippen LogP) is 3.59. The van der Waals surface area contributed by atoms with Crippen molar-refractivity contribution >= 4 is 5.69 Å². The molecular formula is C17H25FN2. The second-order valence-electron chi connectivity index (χ2n) is 6.35. The van der Waals surface area contributed by atoms with Crippen molar-refractivity contribution in [2.45, 2.75) is 51.6 Å². The smallest absolute Gasteiger partial charge is 0.125 e. The van der Waals surface area contributed by atoms with E-state index in [0.717, 1.165) is 30.8 Å². The van der Waals surface area contributed by atoms with Gasteiger partial charge in [-0.25, -0.2) is 4.39 Å². The number of halogens is 1. The number of fused-ring (bicyclic) bond motifs is 1. The van der Waals surface area contributed by atoms with Crippen LogP contribution in [0.25, 0.3) is 0 Å². The van der Waals surface area contributed by atoms with Crippen LogP contribution in [-0.2, 0) is 0 Å². The fraction of sp³-hybridized carbons (Fsp3) is 0.647. The average Bonchev–Trinajstić information content (AvgIpc) is 2.44. The molecule has 0 saturated carbocycles. The van der Waals surface area contributed by atoms with E-state index in [1.165, 1.54) is 25.8 Å². The van der Waals surface area contributed by atoms with Gasteiger partial charge in [-0.2, -0.15) is 0 Å². The maximum absolute atomic E-state index is 13.7. The van der Waals surface area contributed by atoms with Crippen molar-refractivity contribution in [1.29, 1.82) is 0 Å². The Kier molecular flexibility index (Phi) is 3.97. The fourth-order valence-corrected chi connectivity index (χ4v) is 3.80. The average molecular weight is 276 g/mol. The number of piperazine rings is 1. The maximum Gasteiger partial charge on any atom is 0.125 e. The third-order valence-electron chi connectivity index (χ3n) is 4.87. The van der Waals surface area contributed by atoms with Gasteiger partial charge in [-0.1, -0.05) is 13.3 Å². The van der Waals surface area contributed by atoms with E-state index in [4.69, 9.17) is 0 Å². The molecule has 110 valence electrons. The van der Waals surface area contributed by atoms with Crippen molar-refractivity contribution in [3.05, 3.63) is 29.6 Å². The molecule has 0 aromatic heterocycles. The first-order valence-corrected chi connectivity index (χ1v) is 7.95. The normalized spacial score (nSPS) is 27.4. The van der Waals surface area contributed by atoms with Gasteiger partial charge >= 0.3 is 0 Å². The van der Waals surface area contributed by atoms with Gasteiger partial charge in [-0.3, -0.25) is 4.90 Å². The van der Waals surface area contributed by atoms with E-state index in [9.17, 15) is 4.39 Å². The summed E-state index contributed by atoms with van der Waals surface area (Å²) in [4.78, 5) is 5.10. The minimum Gasteiger partial charge on any atom is -0.366 e. The predicted molar refractivity (Wildman–Crippen MR) is 81.8 cm³/mol. The molecule has 2 aliphatic heterocycles. The number of aryl methyl sites for hydroxylation is 1. The van der Waals surface area contributed by atoms with Crippen LogP contribution >= 0.6 is 0 Å². The van der Waals surface area contributed by atoms with Gasteiger partial charge < -0.3 is 4.90 Å². The molecule has 2 aliphatic rings. The standard InChI is InChI=1S/C17H25FN2/c1-3-15-11-19-7-5-4-6-16(19)12-20(15)17-9-13(2)8-14(18)10-17/h8-10,15-16H,3-7,11-12H2,1-2H3. The largest absolute Gasteiger partial charge is 0.366 e. The molecule has 2 heterocycles. The van der Waals surface area contributed by atoms with Crippen molar-refractivity contribution < 1.29 is 4.39 Å². The van der Waals surface area contributed by atoms with E-state index in [1.807, 2.05) is 6.92 Å². The number of anilines is 1. The van der Waals surface area contributed by atoms with Crippen LogP contribution in [0.2, 0.25) is 0 Å². The molecule has 0 spiro atoms. The molecule has 0 bridgehead atoms. The van der Waals surface area contributed by atoms with Gasteiger partial charge in [-0.15, -0.1) is 0 Å². The molecule has 2 fully saturated rings. The highest BCUT2D eigenvalue weighted by Gasteiger charge is 2.34. The quantitative estimate of drug-likeness (QED) is 0.814. The molecule has 1 aromatic carbocycles. The summed E-state index contributed by atoms with van der Waals surface area (Å²) >= 11 is 0. The van der Waals surface area contributed by atoms with Crippen molar-refractivity contribution in [2.24, 2.45) is 0 Å². The van der Waals surface area contributed by atoms with Crippen molar-refractivity contribution in [1.82, 2.24) is 4.90 Å². The third-order valence-corrected chi connectivity index (χ3v) is 4.87. The molecule has 3 rings (SSSR count). The van der Waals surface area contributed by atoms with Crippen LogP contribution in [0.4, 0.5) is 10.1 Å². The van der Waals surface area contributed by atoms with Crippen molar-refractivity contribution in [3.63, 3.8) is 0 Å². The topological polar surface area (TPSA) is 6.48 Å². The molecular weight excluding hydrogens is 251 g/mol. The Balaban J connectivity index is 1.86. The Morgan fingerprint density at radius 2 is 2.05 bits per heavy atom. The van der Waals surface area contributed by atoms with Gasteiger partial charge in [0.25, 0.3) is 0 Å². The van der Waals surface area contributed by atoms with Gasteiger partial charge in [0, 0.05) is 30.9 Å². The molecule has 2 atom stereocenters. The Hall–Kier alpha value is -1.09. The van der Waals surface area contributed by atoms with Crippen LogP contribution < -0.4 is 4.90 Å². The van der Waals surface area contributed by atoms with Gasteiger partial charge in [0.05, 0.1) is 0 Å². The first-order valence-electron chi connectivity index (χ1n) is 7.95. The second kappa shape index (κ2) is 5.72. The van der Waals surface area contributed by atoms with E-state index < -0.39 is 0 Å². The summed E-state index contributed by atoms with van der Waals surface area (Å²) in [6.45, 7) is 7.66. The summed E-state index contributed by atoms with van der Waals surface area (Å²) in [6.07, 6.45) is 5.10. The van der Waals surface area contributed by atoms with Crippen LogP contribution in [0.3, 0.4) is 0 Å². The molecule has 2 nitrogen and oxygen atoms in total. The monoisotopic (exact) mass is 276 g/mol. The number of hydrogen-bond acceptors (Lipinski definition) is 2. The maximum atomic E-state index is 13.7. The first kappa shape index (κ1) is 13.9. The number of nitrogens with zero attached hydrogens (tertiary/aromatic N) is 2. The minimum absolute atomic E-state index is 0.110. The van der Waals surface area contributed by atoms with Crippen LogP contribution in [0.5, 0.6) is 0 Å². The Bertz CT molecular complexity index is 454. The first-order chi connectivity index (χ1) is 9.67. The molecule has 3 heteroatoms. The zero-order valence-electron chi connectivity index (χ0n) is 12.6. The highest BCUT2D eigenvalue weighted by Crippen LogP contribution is 2.30. The van der Waals surface area contributed by atoms with Crippen LogP contribution in [-0.4, -0.2) is 36.6 Å². The molecule has 0 amide bonds. The molecule has 2 unspecified atom stereocenters. The van der Waals surface area contributed by atoms with Gasteiger partial charge in [0.1, 0.15) is 5.82 Å². The van der Waals surface area contributed by atoms with Gasteiger partial charge in [0.2, 0.25) is 0 Å². The lowest BCUT2D eigenvalue weighted by Gasteiger charge is -2.49. The van der Waals surface area contributed by atoms with Crippen molar-refractivity contribution in [3.8, 4) is 0 Å². The summed E-state index contributed by atoms with van der Waals surface area (Å²) in [5.74, 6) is -0.110. The van der Waals surface area contributed by atoms with E-state index in [0.29, 0.717) is 12.1 Å². The van der Waals surface area contributed by atoms with Crippen LogP contribution in [0, 0.1) is 12.7 Å². The molecule has 0 N–H and O–H groups in total. The van der Waals surface area contributed by atoms with Gasteiger partial charge in [0.15, 0.2) is 0 Å². The minimum atomic E-state index is -0.110. The summed E-state index contributed by atoms with van der Waals surface area (Å²) in [5, 5.41) is 0. The van der Waals surface area contributed by atoms with Gasteiger partial charge in [-0.05, 0) is 56.5 Å². The Morgan fingerprint density at radius 1 is 1.20 bits per heavy atom. The van der Waals surface area contributed by atoms with E-state index in [1.54, 1.807) is 12.1 Å². The summed E-state index contributed by atoms with van der Waals surface area (Å²) in [5.41, 5.74) is 2.08. The Labute approximate surface area is 121 Å². The molecule has 0 aliphatic carbocycles. The fourth-order valence-electron chi connectivity index (χ4n) is 3.80. The summed E-state index contributed by atoms with van der Waals surface area (Å²) in [6, 6.07) is 6.63. The number of piperidine rings is 1. The van der Waals surface area contributed by atoms with Crippen molar-refractivity contribution in [2.75, 3.05) is 24.5 Å². The highest BCUT2D eigenvalue weighted by molar-refractivity contribution is 5.50. The lowest BCUT2D eigenvalue weighted by atomic mass is 9.95. The van der Waals surface area contributed by atoms with Crippen LogP contribution in [0.1, 0.15) is 38.2 Å². The van der Waals surface area contributed by atoms with E-state index >= 15 is 0 Å². The number of rotatable bonds is 2. The molecule has 1 aromatic rings. The lowest BCUT2D eigenvalue weighted by Crippen LogP contribution is -2.59. The third kappa shape index (κ3) is 2.69. The molecule has 0 radical (unpaired) electrons. The van der Waals surface area contributed by atoms with E-state index in [2.05, 4.69) is 22.8 Å². The number of hydrogen-bond donors (Lipinski definition) is 0. The highest BCUT2D eigenvalue weighted by atomic mass is 19.1. The molecule has 2 saturated heterocycles.